The standard InChI is InChI=1S/C25H23N3O4/c1-25(16-15-18-9-4-2-5-10-18)23(30)28(24(31)26-25)27-22(29)19-11-8-14-21(17-19)32-20-12-6-3-7-13-20/h2-14,17H,15-16H2,1H3,(H,26,31)(H,27,29). The molecule has 0 aromatic heterocycles. The number of nitrogens with zero attached hydrogens (tertiary/aromatic N) is 1. The summed E-state index contributed by atoms with van der Waals surface area (Å²) in [6, 6.07) is 24.7. The number of ether oxygens (including phenoxy) is 1. The van der Waals surface area contributed by atoms with Crippen LogP contribution in [0.3, 0.4) is 0 Å². The van der Waals surface area contributed by atoms with Crippen LogP contribution in [0.25, 0.3) is 0 Å². The third-order valence-corrected chi connectivity index (χ3v) is 5.31. The number of carbonyl (C=O) groups is 3. The molecule has 1 aliphatic rings. The smallest absolute Gasteiger partial charge is 0.344 e. The topological polar surface area (TPSA) is 87.7 Å². The zero-order valence-electron chi connectivity index (χ0n) is 17.6. The number of carbonyl (C=O) groups excluding carboxylic acids is 3. The third kappa shape index (κ3) is 4.62. The van der Waals surface area contributed by atoms with E-state index in [1.54, 1.807) is 43.3 Å². The number of benzene rings is 3. The van der Waals surface area contributed by atoms with Gasteiger partial charge in [-0.05, 0) is 55.7 Å². The van der Waals surface area contributed by atoms with Crippen molar-refractivity contribution >= 4 is 17.8 Å². The summed E-state index contributed by atoms with van der Waals surface area (Å²) in [5.41, 5.74) is 2.64. The number of hydrogen-bond acceptors (Lipinski definition) is 4. The lowest BCUT2D eigenvalue weighted by molar-refractivity contribution is -0.132. The van der Waals surface area contributed by atoms with Crippen LogP contribution in [0.2, 0.25) is 0 Å². The van der Waals surface area contributed by atoms with Crippen LogP contribution in [0, 0.1) is 0 Å². The molecule has 0 bridgehead atoms. The summed E-state index contributed by atoms with van der Waals surface area (Å²) in [6.07, 6.45) is 1.03. The average Bonchev–Trinajstić information content (AvgIpc) is 3.02. The van der Waals surface area contributed by atoms with Crippen LogP contribution in [0.1, 0.15) is 29.3 Å². The Labute approximate surface area is 186 Å². The number of rotatable bonds is 7. The summed E-state index contributed by atoms with van der Waals surface area (Å²) < 4.78 is 5.75. The van der Waals surface area contributed by atoms with Gasteiger partial charge in [0.25, 0.3) is 11.8 Å². The van der Waals surface area contributed by atoms with E-state index in [2.05, 4.69) is 10.7 Å². The van der Waals surface area contributed by atoms with Gasteiger partial charge in [-0.2, -0.15) is 5.01 Å². The predicted molar refractivity (Wildman–Crippen MR) is 119 cm³/mol. The van der Waals surface area contributed by atoms with Gasteiger partial charge < -0.3 is 10.1 Å². The number of urea groups is 1. The Balaban J connectivity index is 1.42. The van der Waals surface area contributed by atoms with Gasteiger partial charge in [-0.25, -0.2) is 4.79 Å². The maximum atomic E-state index is 12.9. The van der Waals surface area contributed by atoms with E-state index in [1.165, 1.54) is 0 Å². The molecule has 3 aromatic rings. The van der Waals surface area contributed by atoms with Crippen LogP contribution >= 0.6 is 0 Å². The molecule has 4 rings (SSSR count). The largest absolute Gasteiger partial charge is 0.457 e. The minimum Gasteiger partial charge on any atom is -0.457 e. The molecule has 0 spiro atoms. The van der Waals surface area contributed by atoms with Gasteiger partial charge in [-0.15, -0.1) is 0 Å². The Kier molecular flexibility index (Phi) is 5.89. The van der Waals surface area contributed by atoms with Gasteiger partial charge in [0.1, 0.15) is 17.0 Å². The molecule has 0 aliphatic carbocycles. The lowest BCUT2D eigenvalue weighted by Crippen LogP contribution is -2.48. The second-order valence-corrected chi connectivity index (χ2v) is 7.77. The molecular weight excluding hydrogens is 406 g/mol. The van der Waals surface area contributed by atoms with Gasteiger partial charge in [0, 0.05) is 5.56 Å². The van der Waals surface area contributed by atoms with Gasteiger partial charge >= 0.3 is 6.03 Å². The van der Waals surface area contributed by atoms with E-state index in [0.29, 0.717) is 24.3 Å². The van der Waals surface area contributed by atoms with Gasteiger partial charge in [0.2, 0.25) is 0 Å². The van der Waals surface area contributed by atoms with Crippen molar-refractivity contribution in [2.45, 2.75) is 25.3 Å². The number of amides is 4. The fourth-order valence-electron chi connectivity index (χ4n) is 3.49. The van der Waals surface area contributed by atoms with E-state index in [-0.39, 0.29) is 5.56 Å². The lowest BCUT2D eigenvalue weighted by atomic mass is 9.93. The Bertz CT molecular complexity index is 1130. The minimum atomic E-state index is -1.10. The maximum Gasteiger partial charge on any atom is 0.344 e. The second kappa shape index (κ2) is 8.93. The lowest BCUT2D eigenvalue weighted by Gasteiger charge is -2.21. The molecule has 1 saturated heterocycles. The maximum absolute atomic E-state index is 12.9. The fraction of sp³-hybridized carbons (Fsp3) is 0.160. The van der Waals surface area contributed by atoms with Crippen LogP contribution in [-0.2, 0) is 11.2 Å². The fourth-order valence-corrected chi connectivity index (χ4v) is 3.49. The molecule has 2 N–H and O–H groups in total. The first kappa shape index (κ1) is 21.1. The summed E-state index contributed by atoms with van der Waals surface area (Å²) in [6.45, 7) is 1.66. The van der Waals surface area contributed by atoms with E-state index >= 15 is 0 Å². The van der Waals surface area contributed by atoms with E-state index in [4.69, 9.17) is 4.74 Å². The van der Waals surface area contributed by atoms with Crippen molar-refractivity contribution in [2.24, 2.45) is 0 Å². The Hall–Kier alpha value is -4.13. The molecule has 1 unspecified atom stereocenters. The molecule has 32 heavy (non-hydrogen) atoms. The van der Waals surface area contributed by atoms with E-state index in [0.717, 1.165) is 10.6 Å². The molecular formula is C25H23N3O4. The summed E-state index contributed by atoms with van der Waals surface area (Å²) >= 11 is 0. The average molecular weight is 429 g/mol. The molecule has 1 atom stereocenters. The number of aryl methyl sites for hydroxylation is 1. The molecule has 162 valence electrons. The van der Waals surface area contributed by atoms with Crippen molar-refractivity contribution in [3.8, 4) is 11.5 Å². The first-order chi connectivity index (χ1) is 15.4. The third-order valence-electron chi connectivity index (χ3n) is 5.31. The number of hydrogen-bond donors (Lipinski definition) is 2. The summed E-state index contributed by atoms with van der Waals surface area (Å²) in [7, 11) is 0. The Morgan fingerprint density at radius 1 is 0.938 bits per heavy atom. The highest BCUT2D eigenvalue weighted by atomic mass is 16.5. The van der Waals surface area contributed by atoms with Crippen molar-refractivity contribution in [3.05, 3.63) is 96.1 Å². The molecule has 0 radical (unpaired) electrons. The van der Waals surface area contributed by atoms with Crippen LogP contribution in [-0.4, -0.2) is 28.4 Å². The Morgan fingerprint density at radius 2 is 1.59 bits per heavy atom. The number of imide groups is 1. The van der Waals surface area contributed by atoms with Gasteiger partial charge in [-0.3, -0.25) is 15.0 Å². The first-order valence-corrected chi connectivity index (χ1v) is 10.3. The highest BCUT2D eigenvalue weighted by molar-refractivity contribution is 6.09. The van der Waals surface area contributed by atoms with E-state index in [1.807, 2.05) is 48.5 Å². The van der Waals surface area contributed by atoms with Gasteiger partial charge in [0.15, 0.2) is 0 Å². The number of hydrazine groups is 1. The summed E-state index contributed by atoms with van der Waals surface area (Å²) in [5.74, 6) is 0.0184. The van der Waals surface area contributed by atoms with Gasteiger partial charge in [-0.1, -0.05) is 54.6 Å². The number of para-hydroxylation sites is 1. The van der Waals surface area contributed by atoms with Crippen LogP contribution in [0.4, 0.5) is 4.79 Å². The van der Waals surface area contributed by atoms with Gasteiger partial charge in [0.05, 0.1) is 0 Å². The molecule has 1 heterocycles. The van der Waals surface area contributed by atoms with Crippen molar-refractivity contribution in [1.82, 2.24) is 15.8 Å². The quantitative estimate of drug-likeness (QED) is 0.555. The molecule has 7 heteroatoms. The van der Waals surface area contributed by atoms with Crippen LogP contribution in [0.5, 0.6) is 11.5 Å². The van der Waals surface area contributed by atoms with Crippen molar-refractivity contribution < 1.29 is 19.1 Å². The SMILES string of the molecule is CC1(CCc2ccccc2)NC(=O)N(NC(=O)c2cccc(Oc3ccccc3)c2)C1=O. The van der Waals surface area contributed by atoms with Crippen LogP contribution in [0.15, 0.2) is 84.9 Å². The molecule has 1 fully saturated rings. The minimum absolute atomic E-state index is 0.261. The monoisotopic (exact) mass is 429 g/mol. The van der Waals surface area contributed by atoms with E-state index < -0.39 is 23.4 Å². The van der Waals surface area contributed by atoms with E-state index in [9.17, 15) is 14.4 Å². The molecule has 3 aromatic carbocycles. The summed E-state index contributed by atoms with van der Waals surface area (Å²) in [5, 5.41) is 3.45. The molecule has 7 nitrogen and oxygen atoms in total. The molecule has 4 amide bonds. The van der Waals surface area contributed by atoms with Crippen LogP contribution < -0.4 is 15.5 Å². The molecule has 1 aliphatic heterocycles. The Morgan fingerprint density at radius 3 is 2.31 bits per heavy atom. The highest BCUT2D eigenvalue weighted by Gasteiger charge is 2.48. The zero-order chi connectivity index (χ0) is 22.6. The molecule has 0 saturated carbocycles. The predicted octanol–water partition coefficient (Wildman–Crippen LogP) is 4.07. The second-order valence-electron chi connectivity index (χ2n) is 7.77. The van der Waals surface area contributed by atoms with Crippen molar-refractivity contribution in [1.29, 1.82) is 0 Å². The van der Waals surface area contributed by atoms with Crippen molar-refractivity contribution in [3.63, 3.8) is 0 Å². The summed E-state index contributed by atoms with van der Waals surface area (Å²) in [4.78, 5) is 38.1. The number of nitrogens with one attached hydrogen (secondary N) is 2. The first-order valence-electron chi connectivity index (χ1n) is 10.3. The van der Waals surface area contributed by atoms with Crippen molar-refractivity contribution in [2.75, 3.05) is 0 Å². The zero-order valence-corrected chi connectivity index (χ0v) is 17.6. The highest BCUT2D eigenvalue weighted by Crippen LogP contribution is 2.24. The normalized spacial score (nSPS) is 17.7.